The Balaban J connectivity index is 2.49. The molecule has 20 heavy (non-hydrogen) atoms. The summed E-state index contributed by atoms with van der Waals surface area (Å²) in [5.74, 6) is 0.0230. The van der Waals surface area contributed by atoms with Gasteiger partial charge in [-0.3, -0.25) is 0 Å². The van der Waals surface area contributed by atoms with Crippen LogP contribution in [-0.2, 0) is 18.5 Å². The second-order valence-corrected chi connectivity index (χ2v) is 9.29. The fourth-order valence-electron chi connectivity index (χ4n) is 2.71. The van der Waals surface area contributed by atoms with E-state index in [2.05, 4.69) is 0 Å². The monoisotopic (exact) mass is 326 g/mol. The van der Waals surface area contributed by atoms with Crippen LogP contribution in [0, 0.1) is 5.41 Å². The van der Waals surface area contributed by atoms with Gasteiger partial charge in [-0.2, -0.15) is 0 Å². The van der Waals surface area contributed by atoms with E-state index in [1.165, 1.54) is 6.42 Å². The highest BCUT2D eigenvalue weighted by Gasteiger charge is 2.36. The van der Waals surface area contributed by atoms with Crippen LogP contribution >= 0.6 is 10.7 Å². The molecule has 1 rings (SSSR count). The van der Waals surface area contributed by atoms with E-state index in [1.807, 2.05) is 13.8 Å². The quantitative estimate of drug-likeness (QED) is 0.507. The Morgan fingerprint density at radius 2 is 1.80 bits per heavy atom. The van der Waals surface area contributed by atoms with Gasteiger partial charge < -0.3 is 9.47 Å². The molecular formula is C14H27ClO4S. The number of methoxy groups -OCH3 is 1. The Morgan fingerprint density at radius 3 is 2.30 bits per heavy atom. The summed E-state index contributed by atoms with van der Waals surface area (Å²) in [5, 5.41) is 0. The zero-order chi connectivity index (χ0) is 15.3. The number of ether oxygens (including phenoxy) is 2. The minimum Gasteiger partial charge on any atom is -0.381 e. The van der Waals surface area contributed by atoms with Gasteiger partial charge in [0, 0.05) is 29.8 Å². The summed E-state index contributed by atoms with van der Waals surface area (Å²) >= 11 is 0. The highest BCUT2D eigenvalue weighted by Crippen LogP contribution is 2.38. The van der Waals surface area contributed by atoms with Gasteiger partial charge in [0.05, 0.1) is 18.0 Å². The first-order valence-corrected chi connectivity index (χ1v) is 9.71. The molecule has 1 saturated carbocycles. The lowest BCUT2D eigenvalue weighted by atomic mass is 9.76. The van der Waals surface area contributed by atoms with Crippen molar-refractivity contribution in [3.63, 3.8) is 0 Å². The smallest absolute Gasteiger partial charge is 0.233 e. The first-order chi connectivity index (χ1) is 9.18. The minimum absolute atomic E-state index is 0.0230. The summed E-state index contributed by atoms with van der Waals surface area (Å²) in [4.78, 5) is 0. The zero-order valence-electron chi connectivity index (χ0n) is 12.8. The maximum Gasteiger partial charge on any atom is 0.233 e. The average Bonchev–Trinajstić information content (AvgIpc) is 2.34. The molecule has 0 N–H and O–H groups in total. The minimum atomic E-state index is -3.48. The van der Waals surface area contributed by atoms with Gasteiger partial charge in [0.15, 0.2) is 0 Å². The van der Waals surface area contributed by atoms with Crippen LogP contribution in [0.25, 0.3) is 0 Å². The fourth-order valence-corrected chi connectivity index (χ4v) is 4.50. The lowest BCUT2D eigenvalue weighted by Gasteiger charge is -2.36. The van der Waals surface area contributed by atoms with Crippen molar-refractivity contribution < 1.29 is 17.9 Å². The Hall–Kier alpha value is 0.160. The van der Waals surface area contributed by atoms with Crippen LogP contribution in [0.15, 0.2) is 0 Å². The van der Waals surface area contributed by atoms with E-state index in [0.717, 1.165) is 32.1 Å². The summed E-state index contributed by atoms with van der Waals surface area (Å²) in [6.45, 7) is 5.07. The Kier molecular flexibility index (Phi) is 6.77. The molecule has 0 spiro atoms. The van der Waals surface area contributed by atoms with Gasteiger partial charge in [-0.15, -0.1) is 0 Å². The van der Waals surface area contributed by atoms with E-state index < -0.39 is 9.05 Å². The summed E-state index contributed by atoms with van der Waals surface area (Å²) in [7, 11) is 3.66. The van der Waals surface area contributed by atoms with E-state index in [1.54, 1.807) is 7.11 Å². The maximum absolute atomic E-state index is 11.4. The van der Waals surface area contributed by atoms with Crippen LogP contribution in [-0.4, -0.2) is 40.1 Å². The van der Waals surface area contributed by atoms with Gasteiger partial charge in [0.25, 0.3) is 0 Å². The van der Waals surface area contributed by atoms with Crippen LogP contribution in [0.1, 0.15) is 52.4 Å². The predicted octanol–water partition coefficient (Wildman–Crippen LogP) is 3.34. The topological polar surface area (TPSA) is 52.6 Å². The van der Waals surface area contributed by atoms with Crippen molar-refractivity contribution in [1.82, 2.24) is 0 Å². The molecule has 0 bridgehead atoms. The Bertz CT molecular complexity index is 386. The Labute approximate surface area is 127 Å². The zero-order valence-corrected chi connectivity index (χ0v) is 14.4. The molecular weight excluding hydrogens is 300 g/mol. The van der Waals surface area contributed by atoms with E-state index in [-0.39, 0.29) is 16.8 Å². The third-order valence-corrected chi connectivity index (χ3v) is 5.49. The molecule has 4 nitrogen and oxygen atoms in total. The van der Waals surface area contributed by atoms with Crippen LogP contribution in [0.2, 0.25) is 0 Å². The molecule has 0 amide bonds. The van der Waals surface area contributed by atoms with Gasteiger partial charge in [0.2, 0.25) is 9.05 Å². The molecule has 1 aliphatic rings. The normalized spacial score (nSPS) is 20.0. The SMILES string of the molecule is COC(C)(C)CCOCC1(CS(=O)(=O)Cl)CCCCC1. The molecule has 6 heteroatoms. The molecule has 0 aromatic heterocycles. The third kappa shape index (κ3) is 6.74. The Morgan fingerprint density at radius 1 is 1.20 bits per heavy atom. The fraction of sp³-hybridized carbons (Fsp3) is 1.00. The van der Waals surface area contributed by atoms with E-state index in [4.69, 9.17) is 20.2 Å². The average molecular weight is 327 g/mol. The summed E-state index contributed by atoms with van der Waals surface area (Å²) < 4.78 is 34.0. The highest BCUT2D eigenvalue weighted by atomic mass is 35.7. The molecule has 0 aromatic carbocycles. The number of rotatable bonds is 8. The van der Waals surface area contributed by atoms with Gasteiger partial charge >= 0.3 is 0 Å². The van der Waals surface area contributed by atoms with Crippen molar-refractivity contribution in [3.05, 3.63) is 0 Å². The number of hydrogen-bond acceptors (Lipinski definition) is 4. The lowest BCUT2D eigenvalue weighted by molar-refractivity contribution is -0.0274. The van der Waals surface area contributed by atoms with Gasteiger partial charge in [0.1, 0.15) is 0 Å². The molecule has 120 valence electrons. The van der Waals surface area contributed by atoms with Crippen molar-refractivity contribution in [2.75, 3.05) is 26.1 Å². The summed E-state index contributed by atoms with van der Waals surface area (Å²) in [6.07, 6.45) is 5.83. The predicted molar refractivity (Wildman–Crippen MR) is 81.7 cm³/mol. The molecule has 0 atom stereocenters. The third-order valence-electron chi connectivity index (χ3n) is 4.20. The van der Waals surface area contributed by atoms with Crippen molar-refractivity contribution in [2.45, 2.75) is 58.0 Å². The summed E-state index contributed by atoms with van der Waals surface area (Å²) in [5.41, 5.74) is -0.506. The van der Waals surface area contributed by atoms with Crippen molar-refractivity contribution in [2.24, 2.45) is 5.41 Å². The van der Waals surface area contributed by atoms with Gasteiger partial charge in [-0.25, -0.2) is 8.42 Å². The molecule has 0 unspecified atom stereocenters. The summed E-state index contributed by atoms with van der Waals surface area (Å²) in [6, 6.07) is 0. The second kappa shape index (κ2) is 7.43. The van der Waals surface area contributed by atoms with Crippen LogP contribution in [0.4, 0.5) is 0 Å². The highest BCUT2D eigenvalue weighted by molar-refractivity contribution is 8.13. The number of halogens is 1. The number of hydrogen-bond donors (Lipinski definition) is 0. The van der Waals surface area contributed by atoms with Gasteiger partial charge in [-0.1, -0.05) is 19.3 Å². The first kappa shape index (κ1) is 18.2. The van der Waals surface area contributed by atoms with Crippen molar-refractivity contribution in [1.29, 1.82) is 0 Å². The molecule has 0 heterocycles. The molecule has 0 saturated heterocycles. The lowest BCUT2D eigenvalue weighted by Crippen LogP contribution is -2.36. The second-order valence-electron chi connectivity index (χ2n) is 6.51. The van der Waals surface area contributed by atoms with E-state index in [0.29, 0.717) is 13.2 Å². The van der Waals surface area contributed by atoms with E-state index >= 15 is 0 Å². The van der Waals surface area contributed by atoms with Crippen molar-refractivity contribution in [3.8, 4) is 0 Å². The maximum atomic E-state index is 11.4. The molecule has 1 aliphatic carbocycles. The molecule has 1 fully saturated rings. The van der Waals surface area contributed by atoms with Crippen LogP contribution < -0.4 is 0 Å². The van der Waals surface area contributed by atoms with Crippen molar-refractivity contribution >= 4 is 19.7 Å². The van der Waals surface area contributed by atoms with E-state index in [9.17, 15) is 8.42 Å². The molecule has 0 aromatic rings. The van der Waals surface area contributed by atoms with Gasteiger partial charge in [-0.05, 0) is 33.1 Å². The largest absolute Gasteiger partial charge is 0.381 e. The standard InChI is InChI=1S/C14H27ClO4S/c1-13(2,18-3)9-10-19-11-14(12-20(15,16)17)7-5-4-6-8-14/h4-12H2,1-3H3. The molecule has 0 radical (unpaired) electrons. The van der Waals surface area contributed by atoms with Crippen LogP contribution in [0.5, 0.6) is 0 Å². The molecule has 0 aliphatic heterocycles. The first-order valence-electron chi connectivity index (χ1n) is 7.23. The van der Waals surface area contributed by atoms with Crippen LogP contribution in [0.3, 0.4) is 0 Å².